The summed E-state index contributed by atoms with van der Waals surface area (Å²) in [6.07, 6.45) is -0.707. The predicted molar refractivity (Wildman–Crippen MR) is 100 cm³/mol. The first-order valence-electron chi connectivity index (χ1n) is 8.12. The minimum absolute atomic E-state index is 0.0522. The summed E-state index contributed by atoms with van der Waals surface area (Å²) in [5, 5.41) is 14.8. The standard InChI is InChI=1S/C20H15ClN2O3/c21-15-8-11-18-17(12-15)19(13-4-2-1-3-5-13)26-20(22-18)14-6-9-16(10-7-14)23(24)25/h1-12,19-20,22H. The van der Waals surface area contributed by atoms with Gasteiger partial charge in [-0.1, -0.05) is 41.9 Å². The fourth-order valence-corrected chi connectivity index (χ4v) is 3.27. The quantitative estimate of drug-likeness (QED) is 0.492. The highest BCUT2D eigenvalue weighted by Gasteiger charge is 2.29. The van der Waals surface area contributed by atoms with Gasteiger partial charge in [-0.25, -0.2) is 0 Å². The fraction of sp³-hybridized carbons (Fsp3) is 0.100. The minimum atomic E-state index is -0.422. The molecular weight excluding hydrogens is 352 g/mol. The van der Waals surface area contributed by atoms with Gasteiger partial charge in [0.05, 0.1) is 4.92 Å². The van der Waals surface area contributed by atoms with Crippen molar-refractivity contribution < 1.29 is 9.66 Å². The Labute approximate surface area is 155 Å². The van der Waals surface area contributed by atoms with E-state index in [4.69, 9.17) is 16.3 Å². The molecule has 0 saturated heterocycles. The van der Waals surface area contributed by atoms with Crippen molar-refractivity contribution in [3.05, 3.63) is 105 Å². The maximum absolute atomic E-state index is 10.9. The van der Waals surface area contributed by atoms with Crippen LogP contribution < -0.4 is 5.32 Å². The average Bonchev–Trinajstić information content (AvgIpc) is 2.68. The maximum Gasteiger partial charge on any atom is 0.269 e. The lowest BCUT2D eigenvalue weighted by atomic mass is 9.97. The van der Waals surface area contributed by atoms with Gasteiger partial charge in [0.25, 0.3) is 5.69 Å². The molecule has 0 spiro atoms. The Morgan fingerprint density at radius 2 is 1.69 bits per heavy atom. The normalized spacial score (nSPS) is 18.7. The van der Waals surface area contributed by atoms with Crippen molar-refractivity contribution in [2.75, 3.05) is 5.32 Å². The number of nitrogens with zero attached hydrogens (tertiary/aromatic N) is 1. The van der Waals surface area contributed by atoms with E-state index < -0.39 is 11.2 Å². The first-order valence-corrected chi connectivity index (χ1v) is 8.50. The van der Waals surface area contributed by atoms with Crippen molar-refractivity contribution in [3.8, 4) is 0 Å². The smallest absolute Gasteiger partial charge is 0.269 e. The van der Waals surface area contributed by atoms with Crippen LogP contribution in [-0.2, 0) is 4.74 Å². The summed E-state index contributed by atoms with van der Waals surface area (Å²) in [4.78, 5) is 10.5. The summed E-state index contributed by atoms with van der Waals surface area (Å²) >= 11 is 6.18. The molecule has 1 aliphatic rings. The van der Waals surface area contributed by atoms with Gasteiger partial charge >= 0.3 is 0 Å². The number of rotatable bonds is 3. The zero-order chi connectivity index (χ0) is 18.1. The number of nitro groups is 1. The van der Waals surface area contributed by atoms with Crippen LogP contribution >= 0.6 is 11.6 Å². The second-order valence-corrected chi connectivity index (χ2v) is 6.47. The third kappa shape index (κ3) is 3.14. The first kappa shape index (κ1) is 16.6. The molecule has 3 aromatic carbocycles. The Hall–Kier alpha value is -2.89. The van der Waals surface area contributed by atoms with Crippen LogP contribution in [0, 0.1) is 10.1 Å². The van der Waals surface area contributed by atoms with E-state index in [1.54, 1.807) is 12.1 Å². The van der Waals surface area contributed by atoms with Crippen LogP contribution in [0.2, 0.25) is 5.02 Å². The third-order valence-corrected chi connectivity index (χ3v) is 4.60. The lowest BCUT2D eigenvalue weighted by Crippen LogP contribution is -2.25. The van der Waals surface area contributed by atoms with E-state index >= 15 is 0 Å². The van der Waals surface area contributed by atoms with Crippen LogP contribution in [-0.4, -0.2) is 4.92 Å². The molecule has 0 saturated carbocycles. The Kier molecular flexibility index (Phi) is 4.32. The number of hydrogen-bond donors (Lipinski definition) is 1. The molecule has 2 atom stereocenters. The summed E-state index contributed by atoms with van der Waals surface area (Å²) in [7, 11) is 0. The van der Waals surface area contributed by atoms with E-state index in [1.165, 1.54) is 12.1 Å². The Morgan fingerprint density at radius 3 is 2.38 bits per heavy atom. The molecule has 26 heavy (non-hydrogen) atoms. The zero-order valence-electron chi connectivity index (χ0n) is 13.6. The second-order valence-electron chi connectivity index (χ2n) is 6.03. The Bertz CT molecular complexity index is 945. The van der Waals surface area contributed by atoms with Gasteiger partial charge in [0, 0.05) is 34.0 Å². The SMILES string of the molecule is O=[N+]([O-])c1ccc(C2Nc3ccc(Cl)cc3C(c3ccccc3)O2)cc1. The van der Waals surface area contributed by atoms with Crippen LogP contribution in [0.3, 0.4) is 0 Å². The molecule has 3 aromatic rings. The number of halogens is 1. The van der Waals surface area contributed by atoms with Crippen molar-refractivity contribution in [3.63, 3.8) is 0 Å². The summed E-state index contributed by atoms with van der Waals surface area (Å²) < 4.78 is 6.30. The van der Waals surface area contributed by atoms with Gasteiger partial charge in [-0.3, -0.25) is 10.1 Å². The Morgan fingerprint density at radius 1 is 0.962 bits per heavy atom. The zero-order valence-corrected chi connectivity index (χ0v) is 14.4. The van der Waals surface area contributed by atoms with Crippen LogP contribution in [0.5, 0.6) is 0 Å². The van der Waals surface area contributed by atoms with E-state index in [1.807, 2.05) is 48.5 Å². The number of nitrogens with one attached hydrogen (secondary N) is 1. The van der Waals surface area contributed by atoms with E-state index in [-0.39, 0.29) is 11.8 Å². The summed E-state index contributed by atoms with van der Waals surface area (Å²) in [5.74, 6) is 0. The molecular formula is C20H15ClN2O3. The van der Waals surface area contributed by atoms with Crippen molar-refractivity contribution in [2.45, 2.75) is 12.3 Å². The van der Waals surface area contributed by atoms with Crippen molar-refractivity contribution in [1.29, 1.82) is 0 Å². The molecule has 2 unspecified atom stereocenters. The average molecular weight is 367 g/mol. The number of ether oxygens (including phenoxy) is 1. The summed E-state index contributed by atoms with van der Waals surface area (Å²) in [6.45, 7) is 0. The van der Waals surface area contributed by atoms with Gasteiger partial charge in [-0.05, 0) is 35.9 Å². The monoisotopic (exact) mass is 366 g/mol. The maximum atomic E-state index is 10.9. The topological polar surface area (TPSA) is 64.4 Å². The van der Waals surface area contributed by atoms with Crippen molar-refractivity contribution in [2.24, 2.45) is 0 Å². The molecule has 1 aliphatic heterocycles. The van der Waals surface area contributed by atoms with Gasteiger partial charge in [0.2, 0.25) is 0 Å². The van der Waals surface area contributed by atoms with Crippen LogP contribution in [0.25, 0.3) is 0 Å². The van der Waals surface area contributed by atoms with Crippen LogP contribution in [0.15, 0.2) is 72.8 Å². The summed E-state index contributed by atoms with van der Waals surface area (Å²) in [5.41, 5.74) is 3.78. The molecule has 0 aromatic heterocycles. The molecule has 130 valence electrons. The predicted octanol–water partition coefficient (Wildman–Crippen LogP) is 5.48. The summed E-state index contributed by atoms with van der Waals surface area (Å²) in [6, 6.07) is 21.9. The van der Waals surface area contributed by atoms with E-state index in [2.05, 4.69) is 5.32 Å². The van der Waals surface area contributed by atoms with E-state index in [9.17, 15) is 10.1 Å². The fourth-order valence-electron chi connectivity index (χ4n) is 3.09. The van der Waals surface area contributed by atoms with Crippen molar-refractivity contribution in [1.82, 2.24) is 0 Å². The first-order chi connectivity index (χ1) is 12.6. The Balaban J connectivity index is 1.73. The van der Waals surface area contributed by atoms with Crippen molar-refractivity contribution >= 4 is 23.0 Å². The van der Waals surface area contributed by atoms with Gasteiger partial charge in [-0.2, -0.15) is 0 Å². The molecule has 1 heterocycles. The number of hydrogen-bond acceptors (Lipinski definition) is 4. The van der Waals surface area contributed by atoms with E-state index in [0.29, 0.717) is 5.02 Å². The van der Waals surface area contributed by atoms with Gasteiger partial charge < -0.3 is 10.1 Å². The molecule has 1 N–H and O–H groups in total. The minimum Gasteiger partial charge on any atom is -0.356 e. The molecule has 0 bridgehead atoms. The number of anilines is 1. The highest BCUT2D eigenvalue weighted by atomic mass is 35.5. The van der Waals surface area contributed by atoms with Crippen LogP contribution in [0.1, 0.15) is 29.0 Å². The number of nitro benzene ring substituents is 1. The molecule has 0 aliphatic carbocycles. The van der Waals surface area contributed by atoms with Crippen LogP contribution in [0.4, 0.5) is 11.4 Å². The van der Waals surface area contributed by atoms with Gasteiger partial charge in [0.1, 0.15) is 6.10 Å². The van der Waals surface area contributed by atoms with E-state index in [0.717, 1.165) is 22.4 Å². The molecule has 5 nitrogen and oxygen atoms in total. The van der Waals surface area contributed by atoms with Gasteiger partial charge in [-0.15, -0.1) is 0 Å². The largest absolute Gasteiger partial charge is 0.356 e. The molecule has 6 heteroatoms. The number of benzene rings is 3. The number of non-ortho nitro benzene ring substituents is 1. The second kappa shape index (κ2) is 6.78. The molecule has 0 amide bonds. The highest BCUT2D eigenvalue weighted by molar-refractivity contribution is 6.30. The highest BCUT2D eigenvalue weighted by Crippen LogP contribution is 2.42. The lowest BCUT2D eigenvalue weighted by molar-refractivity contribution is -0.384. The molecule has 4 rings (SSSR count). The third-order valence-electron chi connectivity index (χ3n) is 4.36. The number of fused-ring (bicyclic) bond motifs is 1. The van der Waals surface area contributed by atoms with Gasteiger partial charge in [0.15, 0.2) is 6.23 Å². The molecule has 0 radical (unpaired) electrons. The molecule has 0 fully saturated rings. The lowest BCUT2D eigenvalue weighted by Gasteiger charge is -2.34.